The lowest BCUT2D eigenvalue weighted by Gasteiger charge is -2.34. The Hall–Kier alpha value is -5.27. The molecule has 0 saturated carbocycles. The zero-order valence-electron chi connectivity index (χ0n) is 27.5. The van der Waals surface area contributed by atoms with Crippen molar-refractivity contribution in [2.45, 2.75) is 31.8 Å². The third-order valence-corrected chi connectivity index (χ3v) is 10.2. The van der Waals surface area contributed by atoms with E-state index in [2.05, 4.69) is 26.6 Å². The van der Waals surface area contributed by atoms with E-state index in [1.807, 2.05) is 60.0 Å². The average molecular weight is 737 g/mol. The van der Waals surface area contributed by atoms with Gasteiger partial charge >= 0.3 is 0 Å². The van der Waals surface area contributed by atoms with Crippen LogP contribution in [0.3, 0.4) is 0 Å². The third kappa shape index (κ3) is 6.78. The van der Waals surface area contributed by atoms with Crippen LogP contribution in [0.4, 0.5) is 11.4 Å². The molecule has 1 saturated heterocycles. The highest BCUT2D eigenvalue weighted by Gasteiger charge is 2.29. The fourth-order valence-corrected chi connectivity index (χ4v) is 7.57. The van der Waals surface area contributed by atoms with Crippen LogP contribution in [-0.2, 0) is 4.79 Å². The van der Waals surface area contributed by atoms with Crippen molar-refractivity contribution in [3.63, 3.8) is 0 Å². The number of hydrogen-bond acceptors (Lipinski definition) is 5. The van der Waals surface area contributed by atoms with E-state index in [9.17, 15) is 14.9 Å². The number of nitrogens with one attached hydrogen (secondary N) is 3. The number of aromatic nitrogens is 3. The number of hydrogen-bond donors (Lipinski definition) is 3. The normalized spacial score (nSPS) is 13.9. The minimum atomic E-state index is -0.407. The summed E-state index contributed by atoms with van der Waals surface area (Å²) in [5.74, 6) is -0.407. The number of rotatable bonds is 9. The largest absolute Gasteiger partial charge is 0.370 e. The molecule has 3 N–H and O–H groups in total. The van der Waals surface area contributed by atoms with Gasteiger partial charge in [0.25, 0.3) is 5.91 Å². The number of anilines is 2. The molecule has 2 aromatic heterocycles. The highest BCUT2D eigenvalue weighted by atomic mass is 35.5. The second kappa shape index (κ2) is 14.5. The van der Waals surface area contributed by atoms with Crippen LogP contribution in [0.1, 0.15) is 47.4 Å². The summed E-state index contributed by atoms with van der Waals surface area (Å²) in [7, 11) is 0. The van der Waals surface area contributed by atoms with Crippen LogP contribution in [0.5, 0.6) is 0 Å². The first-order valence-electron chi connectivity index (χ1n) is 16.4. The van der Waals surface area contributed by atoms with Crippen molar-refractivity contribution >= 4 is 69.4 Å². The molecule has 1 atom stereocenters. The second-order valence-corrected chi connectivity index (χ2v) is 13.7. The molecular weight excluding hydrogens is 705 g/mol. The van der Waals surface area contributed by atoms with Gasteiger partial charge in [0.15, 0.2) is 0 Å². The highest BCUT2D eigenvalue weighted by Crippen LogP contribution is 2.42. The van der Waals surface area contributed by atoms with Gasteiger partial charge in [-0.25, -0.2) is 4.98 Å². The van der Waals surface area contributed by atoms with Gasteiger partial charge in [0, 0.05) is 56.2 Å². The van der Waals surface area contributed by atoms with E-state index in [4.69, 9.17) is 39.8 Å². The van der Waals surface area contributed by atoms with E-state index in [0.29, 0.717) is 67.6 Å². The molecule has 1 fully saturated rings. The fourth-order valence-electron chi connectivity index (χ4n) is 6.84. The fraction of sp³-hybridized carbons (Fsp3) is 0.179. The Kier molecular flexibility index (Phi) is 9.74. The van der Waals surface area contributed by atoms with Crippen LogP contribution >= 0.6 is 34.8 Å². The van der Waals surface area contributed by atoms with Crippen molar-refractivity contribution in [3.05, 3.63) is 123 Å². The number of carbonyl (C=O) groups is 2. The van der Waals surface area contributed by atoms with Crippen LogP contribution in [0.25, 0.3) is 33.4 Å². The summed E-state index contributed by atoms with van der Waals surface area (Å²) in [6.07, 6.45) is 4.00. The molecule has 3 heterocycles. The zero-order valence-corrected chi connectivity index (χ0v) is 29.7. The lowest BCUT2D eigenvalue weighted by atomic mass is 9.99. The number of halogens is 3. The van der Waals surface area contributed by atoms with Crippen LogP contribution in [0.2, 0.25) is 15.1 Å². The number of amides is 2. The molecule has 256 valence electrons. The van der Waals surface area contributed by atoms with Gasteiger partial charge < -0.3 is 25.1 Å². The number of aromatic amines is 1. The third-order valence-electron chi connectivity index (χ3n) is 9.41. The van der Waals surface area contributed by atoms with Gasteiger partial charge in [0.05, 0.1) is 46.8 Å². The molecule has 0 radical (unpaired) electrons. The molecule has 6 aromatic rings. The zero-order chi connectivity index (χ0) is 35.6. The standard InChI is InChI=1S/C39H32Cl3N7O2/c1-23(29-10-8-26(40)18-31(29)42)49-21-44-36(25-5-3-2-4-6-25)38(49)35-30-11-9-27(41)19-32(30)46-37(35)39(51)47-33-17-24(20-43)7-12-34(33)48-15-13-28(14-16-48)45-22-50/h2-12,17-19,21-23,28,46H,13-16H2,1H3,(H,45,50)(H,47,51). The first kappa shape index (κ1) is 34.2. The van der Waals surface area contributed by atoms with Crippen LogP contribution < -0.4 is 15.5 Å². The molecule has 4 aromatic carbocycles. The van der Waals surface area contributed by atoms with Crippen molar-refractivity contribution in [2.75, 3.05) is 23.3 Å². The maximum atomic E-state index is 14.7. The van der Waals surface area contributed by atoms with E-state index >= 15 is 0 Å². The molecule has 1 aliphatic rings. The van der Waals surface area contributed by atoms with Crippen LogP contribution in [0.15, 0.2) is 91.3 Å². The molecule has 1 unspecified atom stereocenters. The molecule has 12 heteroatoms. The Morgan fingerprint density at radius 1 is 1.00 bits per heavy atom. The number of H-pyrrole nitrogens is 1. The van der Waals surface area contributed by atoms with Crippen molar-refractivity contribution in [1.29, 1.82) is 5.26 Å². The van der Waals surface area contributed by atoms with Crippen LogP contribution in [0, 0.1) is 11.3 Å². The quantitative estimate of drug-likeness (QED) is 0.128. The van der Waals surface area contributed by atoms with Crippen molar-refractivity contribution in [1.82, 2.24) is 19.9 Å². The number of imidazole rings is 1. The Balaban J connectivity index is 1.38. The SMILES string of the molecule is CC(c1ccc(Cl)cc1Cl)n1cnc(-c2ccccc2)c1-c1c(C(=O)Nc2cc(C#N)ccc2N2CCC(NC=O)CC2)[nH]c2cc(Cl)ccc12. The summed E-state index contributed by atoms with van der Waals surface area (Å²) in [5, 5.41) is 18.1. The van der Waals surface area contributed by atoms with E-state index in [1.165, 1.54) is 0 Å². The molecule has 2 amide bonds. The van der Waals surface area contributed by atoms with Gasteiger partial charge in [-0.3, -0.25) is 9.59 Å². The number of nitrogens with zero attached hydrogens (tertiary/aromatic N) is 4. The number of nitriles is 1. The Morgan fingerprint density at radius 3 is 2.47 bits per heavy atom. The Bertz CT molecular complexity index is 2300. The first-order chi connectivity index (χ1) is 24.7. The summed E-state index contributed by atoms with van der Waals surface area (Å²) in [4.78, 5) is 36.1. The molecule has 7 rings (SSSR count). The lowest BCUT2D eigenvalue weighted by Crippen LogP contribution is -2.42. The van der Waals surface area contributed by atoms with Crippen molar-refractivity contribution in [3.8, 4) is 28.6 Å². The first-order valence-corrected chi connectivity index (χ1v) is 17.6. The summed E-state index contributed by atoms with van der Waals surface area (Å²) in [6, 6.07) is 27.9. The minimum Gasteiger partial charge on any atom is -0.370 e. The van der Waals surface area contributed by atoms with E-state index in [1.54, 1.807) is 42.7 Å². The van der Waals surface area contributed by atoms with Gasteiger partial charge in [-0.05, 0) is 67.8 Å². The van der Waals surface area contributed by atoms with Gasteiger partial charge in [0.1, 0.15) is 5.69 Å². The van der Waals surface area contributed by atoms with Crippen molar-refractivity contribution in [2.24, 2.45) is 0 Å². The number of carbonyl (C=O) groups excluding carboxylic acids is 2. The predicted octanol–water partition coefficient (Wildman–Crippen LogP) is 9.11. The molecular formula is C39H32Cl3N7O2. The maximum absolute atomic E-state index is 14.7. The monoisotopic (exact) mass is 735 g/mol. The molecule has 0 spiro atoms. The van der Waals surface area contributed by atoms with E-state index in [-0.39, 0.29) is 12.1 Å². The second-order valence-electron chi connectivity index (χ2n) is 12.5. The predicted molar refractivity (Wildman–Crippen MR) is 204 cm³/mol. The number of piperidine rings is 1. The number of benzene rings is 4. The molecule has 9 nitrogen and oxygen atoms in total. The van der Waals surface area contributed by atoms with Crippen LogP contribution in [-0.4, -0.2) is 46.0 Å². The Morgan fingerprint density at radius 2 is 1.75 bits per heavy atom. The minimum absolute atomic E-state index is 0.0877. The highest BCUT2D eigenvalue weighted by molar-refractivity contribution is 6.35. The molecule has 0 bridgehead atoms. The van der Waals surface area contributed by atoms with Gasteiger partial charge in [-0.15, -0.1) is 0 Å². The van der Waals surface area contributed by atoms with Gasteiger partial charge in [-0.1, -0.05) is 77.3 Å². The van der Waals surface area contributed by atoms with Gasteiger partial charge in [0.2, 0.25) is 6.41 Å². The van der Waals surface area contributed by atoms with E-state index in [0.717, 1.165) is 41.5 Å². The maximum Gasteiger partial charge on any atom is 0.272 e. The summed E-state index contributed by atoms with van der Waals surface area (Å²) in [6.45, 7) is 3.36. The smallest absolute Gasteiger partial charge is 0.272 e. The topological polar surface area (TPSA) is 119 Å². The van der Waals surface area contributed by atoms with E-state index < -0.39 is 5.91 Å². The lowest BCUT2D eigenvalue weighted by molar-refractivity contribution is -0.110. The summed E-state index contributed by atoms with van der Waals surface area (Å²) < 4.78 is 2.02. The Labute approximate surface area is 309 Å². The summed E-state index contributed by atoms with van der Waals surface area (Å²) >= 11 is 19.5. The molecule has 1 aliphatic heterocycles. The summed E-state index contributed by atoms with van der Waals surface area (Å²) in [5.41, 5.74) is 6.37. The molecule has 51 heavy (non-hydrogen) atoms. The molecule has 0 aliphatic carbocycles. The van der Waals surface area contributed by atoms with Gasteiger partial charge in [-0.2, -0.15) is 5.26 Å². The number of fused-ring (bicyclic) bond motifs is 1. The van der Waals surface area contributed by atoms with Crippen molar-refractivity contribution < 1.29 is 9.59 Å². The average Bonchev–Trinajstić information content (AvgIpc) is 3.74.